The van der Waals surface area contributed by atoms with E-state index in [1.807, 2.05) is 0 Å². The van der Waals surface area contributed by atoms with Crippen molar-refractivity contribution in [3.8, 4) is 16.5 Å². The summed E-state index contributed by atoms with van der Waals surface area (Å²) < 4.78 is 35.0. The first-order valence-electron chi connectivity index (χ1n) is 14.4. The van der Waals surface area contributed by atoms with E-state index in [0.29, 0.717) is 76.5 Å². The van der Waals surface area contributed by atoms with Gasteiger partial charge in [0.05, 0.1) is 48.4 Å². The van der Waals surface area contributed by atoms with Crippen molar-refractivity contribution in [1.82, 2.24) is 19.0 Å². The van der Waals surface area contributed by atoms with E-state index in [1.54, 1.807) is 18.9 Å². The van der Waals surface area contributed by atoms with Crippen molar-refractivity contribution in [3.05, 3.63) is 68.4 Å². The highest BCUT2D eigenvalue weighted by atomic mass is 32.1. The van der Waals surface area contributed by atoms with Crippen LogP contribution in [0.15, 0.2) is 44.7 Å². The largest absolute Gasteiger partial charge is 0.496 e. The molecule has 1 aliphatic heterocycles. The first-order valence-corrected chi connectivity index (χ1v) is 15.2. The van der Waals surface area contributed by atoms with Crippen LogP contribution in [0.5, 0.6) is 5.75 Å². The number of benzene rings is 1. The lowest BCUT2D eigenvalue weighted by atomic mass is 9.94. The van der Waals surface area contributed by atoms with Crippen LogP contribution in [0.25, 0.3) is 21.0 Å². The first kappa shape index (κ1) is 29.7. The highest BCUT2D eigenvalue weighted by Gasteiger charge is 2.36. The van der Waals surface area contributed by atoms with E-state index >= 15 is 0 Å². The average Bonchev–Trinajstić information content (AvgIpc) is 3.72. The highest BCUT2D eigenvalue weighted by molar-refractivity contribution is 7.22. The molecule has 0 spiro atoms. The fourth-order valence-electron chi connectivity index (χ4n) is 6.28. The van der Waals surface area contributed by atoms with Gasteiger partial charge in [-0.3, -0.25) is 18.8 Å². The number of likely N-dealkylation sites (N-methyl/N-ethyl adjacent to an activating group) is 1. The minimum Gasteiger partial charge on any atom is -0.496 e. The maximum atomic E-state index is 14.7. The Bertz CT molecular complexity index is 1720. The number of fused-ring (bicyclic) bond motifs is 1. The summed E-state index contributed by atoms with van der Waals surface area (Å²) in [6.07, 6.45) is 3.23. The number of likely N-dealkylation sites (tertiary alicyclic amines) is 1. The van der Waals surface area contributed by atoms with Crippen molar-refractivity contribution in [2.24, 2.45) is 0 Å². The van der Waals surface area contributed by atoms with Crippen LogP contribution in [0, 0.1) is 12.7 Å². The Morgan fingerprint density at radius 2 is 1.95 bits per heavy atom. The number of nitrogens with zero attached hydrogens (tertiary/aromatic N) is 4. The van der Waals surface area contributed by atoms with Crippen LogP contribution in [-0.4, -0.2) is 68.4 Å². The third-order valence-electron chi connectivity index (χ3n) is 8.66. The van der Waals surface area contributed by atoms with E-state index in [4.69, 9.17) is 13.9 Å². The number of aryl methyl sites for hydroxylation is 1. The number of methoxy groups -OCH3 is 1. The Morgan fingerprint density at radius 1 is 1.19 bits per heavy atom. The second kappa shape index (κ2) is 12.0. The molecule has 6 rings (SSSR count). The van der Waals surface area contributed by atoms with Gasteiger partial charge in [0.2, 0.25) is 5.89 Å². The quantitative estimate of drug-likeness (QED) is 0.306. The number of ether oxygens (including phenoxy) is 2. The zero-order chi connectivity index (χ0) is 30.4. The molecule has 0 bridgehead atoms. The molecule has 0 amide bonds. The maximum absolute atomic E-state index is 14.7. The standard InChI is InChI=1S/C30H35FN4O7S/c1-16-24-28(38)35(21-10-12-33(2)27(21)37)30(39)34(29(24)43-25(16)26-32-11-13-41-26)15-23(42-19-7-5-18(36)6-8-19)20-14-17(31)4-9-22(20)40-3/h4,9,11,13-14,18-19,21,23,27,36-37H,5-8,10,12,15H2,1-3H3/t18-,19+,21-,23-,27?/m0/s1. The zero-order valence-electron chi connectivity index (χ0n) is 24.2. The summed E-state index contributed by atoms with van der Waals surface area (Å²) in [6, 6.07) is 3.40. The van der Waals surface area contributed by atoms with Crippen molar-refractivity contribution < 1.29 is 28.5 Å². The van der Waals surface area contributed by atoms with Gasteiger partial charge in [0.15, 0.2) is 0 Å². The van der Waals surface area contributed by atoms with E-state index in [9.17, 15) is 24.2 Å². The van der Waals surface area contributed by atoms with Gasteiger partial charge in [0.25, 0.3) is 5.56 Å². The molecular weight excluding hydrogens is 579 g/mol. The monoisotopic (exact) mass is 614 g/mol. The summed E-state index contributed by atoms with van der Waals surface area (Å²) >= 11 is 1.21. The molecule has 1 aliphatic carbocycles. The van der Waals surface area contributed by atoms with Gasteiger partial charge in [-0.25, -0.2) is 14.2 Å². The van der Waals surface area contributed by atoms with Gasteiger partial charge in [-0.05, 0) is 69.8 Å². The number of oxazole rings is 1. The highest BCUT2D eigenvalue weighted by Crippen LogP contribution is 2.38. The molecule has 1 unspecified atom stereocenters. The van der Waals surface area contributed by atoms with E-state index in [0.717, 1.165) is 4.57 Å². The van der Waals surface area contributed by atoms with E-state index in [2.05, 4.69) is 4.98 Å². The zero-order valence-corrected chi connectivity index (χ0v) is 25.1. The smallest absolute Gasteiger partial charge is 0.332 e. The Morgan fingerprint density at radius 3 is 2.60 bits per heavy atom. The molecule has 4 aromatic rings. The van der Waals surface area contributed by atoms with Crippen molar-refractivity contribution >= 4 is 21.6 Å². The van der Waals surface area contributed by atoms with Crippen LogP contribution in [0.4, 0.5) is 4.39 Å². The van der Waals surface area contributed by atoms with E-state index in [1.165, 1.54) is 53.7 Å². The van der Waals surface area contributed by atoms with Crippen LogP contribution in [0.1, 0.15) is 55.4 Å². The van der Waals surface area contributed by atoms with Crippen molar-refractivity contribution in [3.63, 3.8) is 0 Å². The summed E-state index contributed by atoms with van der Waals surface area (Å²) in [5, 5.41) is 21.3. The van der Waals surface area contributed by atoms with Crippen LogP contribution in [0.2, 0.25) is 0 Å². The van der Waals surface area contributed by atoms with Crippen LogP contribution < -0.4 is 16.0 Å². The second-order valence-corrected chi connectivity index (χ2v) is 12.3. The number of halogens is 1. The summed E-state index contributed by atoms with van der Waals surface area (Å²) in [4.78, 5) is 35.4. The lowest BCUT2D eigenvalue weighted by molar-refractivity contribution is -0.0566. The number of hydrogen-bond acceptors (Lipinski definition) is 10. The maximum Gasteiger partial charge on any atom is 0.332 e. The van der Waals surface area contributed by atoms with E-state index < -0.39 is 41.5 Å². The van der Waals surface area contributed by atoms with Gasteiger partial charge in [-0.1, -0.05) is 0 Å². The molecule has 43 heavy (non-hydrogen) atoms. The number of rotatable bonds is 8. The predicted molar refractivity (Wildman–Crippen MR) is 158 cm³/mol. The van der Waals surface area contributed by atoms with Crippen LogP contribution >= 0.6 is 11.3 Å². The molecule has 2 N–H and O–H groups in total. The summed E-state index contributed by atoms with van der Waals surface area (Å²) in [7, 11) is 3.23. The fourth-order valence-corrected chi connectivity index (χ4v) is 7.52. The number of aliphatic hydroxyl groups excluding tert-OH is 2. The van der Waals surface area contributed by atoms with Gasteiger partial charge in [0.1, 0.15) is 35.0 Å². The van der Waals surface area contributed by atoms with E-state index in [-0.39, 0.29) is 12.6 Å². The Hall–Kier alpha value is -3.36. The first-order chi connectivity index (χ1) is 20.7. The number of aromatic nitrogens is 3. The van der Waals surface area contributed by atoms with Crippen molar-refractivity contribution in [1.29, 1.82) is 0 Å². The molecular formula is C30H35FN4O7S. The molecule has 0 radical (unpaired) electrons. The molecule has 3 atom stereocenters. The molecule has 11 nitrogen and oxygen atoms in total. The normalized spacial score (nSPS) is 23.7. The van der Waals surface area contributed by atoms with Gasteiger partial charge in [0, 0.05) is 12.1 Å². The lowest BCUT2D eigenvalue weighted by Crippen LogP contribution is -2.46. The molecule has 230 valence electrons. The molecule has 2 aliphatic rings. The number of hydrogen-bond donors (Lipinski definition) is 2. The van der Waals surface area contributed by atoms with Gasteiger partial charge < -0.3 is 24.1 Å². The number of thiophene rings is 1. The topological polar surface area (TPSA) is 132 Å². The SMILES string of the molecule is COc1ccc(F)cc1[C@H](Cn1c(=O)n([C@H]2CCN(C)C2O)c(=O)c2c(C)c(-c3ncco3)sc21)O[C@H]1CC[C@@H](O)CC1. The lowest BCUT2D eigenvalue weighted by Gasteiger charge is -2.31. The molecule has 3 aromatic heterocycles. The van der Waals surface area contributed by atoms with Crippen molar-refractivity contribution in [2.45, 2.75) is 76.2 Å². The van der Waals surface area contributed by atoms with Crippen LogP contribution in [0.3, 0.4) is 0 Å². The Labute approximate surface area is 250 Å². The molecule has 1 saturated heterocycles. The molecule has 13 heteroatoms. The van der Waals surface area contributed by atoms with Gasteiger partial charge >= 0.3 is 5.69 Å². The third kappa shape index (κ3) is 5.44. The molecule has 4 heterocycles. The minimum atomic E-state index is -1.02. The molecule has 1 saturated carbocycles. The van der Waals surface area contributed by atoms with Gasteiger partial charge in [-0.15, -0.1) is 11.3 Å². The third-order valence-corrected chi connectivity index (χ3v) is 9.96. The Balaban J connectivity index is 1.55. The Kier molecular flexibility index (Phi) is 8.26. The minimum absolute atomic E-state index is 0.0574. The summed E-state index contributed by atoms with van der Waals surface area (Å²) in [5.41, 5.74) is -0.0598. The number of aliphatic hydroxyl groups is 2. The predicted octanol–water partition coefficient (Wildman–Crippen LogP) is 3.59. The molecule has 1 aromatic carbocycles. The van der Waals surface area contributed by atoms with Gasteiger partial charge in [-0.2, -0.15) is 0 Å². The second-order valence-electron chi connectivity index (χ2n) is 11.3. The van der Waals surface area contributed by atoms with Crippen molar-refractivity contribution in [2.75, 3.05) is 20.7 Å². The summed E-state index contributed by atoms with van der Waals surface area (Å²) in [5.74, 6) is 0.237. The summed E-state index contributed by atoms with van der Waals surface area (Å²) in [6.45, 7) is 2.24. The average molecular weight is 615 g/mol. The fraction of sp³-hybridized carbons (Fsp3) is 0.500. The molecule has 2 fully saturated rings. The van der Waals surface area contributed by atoms with Crippen LogP contribution in [-0.2, 0) is 11.3 Å².